The number of aliphatic imine (C=N–C) groups is 1. The Bertz CT molecular complexity index is 625. The van der Waals surface area contributed by atoms with Crippen LogP contribution in [0.5, 0.6) is 0 Å². The second kappa shape index (κ2) is 5.24. The highest BCUT2D eigenvalue weighted by Crippen LogP contribution is 2.36. The van der Waals surface area contributed by atoms with E-state index in [9.17, 15) is 0 Å². The van der Waals surface area contributed by atoms with Crippen molar-refractivity contribution in [3.63, 3.8) is 0 Å². The lowest BCUT2D eigenvalue weighted by Crippen LogP contribution is -2.18. The summed E-state index contributed by atoms with van der Waals surface area (Å²) in [5.41, 5.74) is 2.15. The van der Waals surface area contributed by atoms with Gasteiger partial charge in [-0.2, -0.15) is 0 Å². The smallest absolute Gasteiger partial charge is 0.165 e. The number of rotatable bonds is 2. The van der Waals surface area contributed by atoms with Gasteiger partial charge in [0.15, 0.2) is 6.34 Å². The van der Waals surface area contributed by atoms with Gasteiger partial charge >= 0.3 is 0 Å². The van der Waals surface area contributed by atoms with Crippen LogP contribution in [0, 0.1) is 0 Å². The van der Waals surface area contributed by atoms with E-state index in [4.69, 9.17) is 23.2 Å². The Labute approximate surface area is 122 Å². The molecular formula is C15H11Cl2N2. The minimum absolute atomic E-state index is 0.0304. The van der Waals surface area contributed by atoms with Crippen LogP contribution in [0.15, 0.2) is 53.5 Å². The number of nitrogens with zero attached hydrogens (tertiary/aromatic N) is 1. The lowest BCUT2D eigenvalue weighted by molar-refractivity contribution is 0.573. The van der Waals surface area contributed by atoms with Gasteiger partial charge in [0.2, 0.25) is 0 Å². The summed E-state index contributed by atoms with van der Waals surface area (Å²) in [4.78, 5) is 4.37. The average molecular weight is 290 g/mol. The molecule has 19 heavy (non-hydrogen) atoms. The van der Waals surface area contributed by atoms with E-state index in [1.807, 2.05) is 48.5 Å². The zero-order valence-electron chi connectivity index (χ0n) is 9.98. The molecule has 1 aliphatic heterocycles. The molecule has 2 aromatic carbocycles. The van der Waals surface area contributed by atoms with Crippen molar-refractivity contribution in [2.75, 3.05) is 0 Å². The van der Waals surface area contributed by atoms with Gasteiger partial charge in [0.1, 0.15) is 6.04 Å². The average Bonchev–Trinajstić information content (AvgIpc) is 2.88. The van der Waals surface area contributed by atoms with Gasteiger partial charge < -0.3 is 5.32 Å². The fourth-order valence-corrected chi connectivity index (χ4v) is 2.65. The highest BCUT2D eigenvalue weighted by molar-refractivity contribution is 6.30. The maximum atomic E-state index is 6.04. The first-order valence-corrected chi connectivity index (χ1v) is 6.71. The maximum Gasteiger partial charge on any atom is 0.165 e. The van der Waals surface area contributed by atoms with Crippen LogP contribution >= 0.6 is 23.2 Å². The second-order valence-corrected chi connectivity index (χ2v) is 5.29. The van der Waals surface area contributed by atoms with Gasteiger partial charge in [-0.25, -0.2) is 0 Å². The summed E-state index contributed by atoms with van der Waals surface area (Å²) in [5.74, 6) is 0. The molecule has 0 saturated carbocycles. The largest absolute Gasteiger partial charge is 0.358 e. The van der Waals surface area contributed by atoms with Crippen LogP contribution in [-0.4, -0.2) is 6.34 Å². The molecule has 0 amide bonds. The van der Waals surface area contributed by atoms with Crippen LogP contribution in [0.1, 0.15) is 23.2 Å². The van der Waals surface area contributed by atoms with E-state index in [0.717, 1.165) is 16.1 Å². The molecule has 95 valence electrons. The predicted molar refractivity (Wildman–Crippen MR) is 79.0 cm³/mol. The summed E-state index contributed by atoms with van der Waals surface area (Å²) in [6.07, 6.45) is 2.85. The number of halogens is 2. The Hall–Kier alpha value is -1.51. The third-order valence-corrected chi connectivity index (χ3v) is 3.61. The van der Waals surface area contributed by atoms with E-state index in [2.05, 4.69) is 16.6 Å². The van der Waals surface area contributed by atoms with E-state index in [0.29, 0.717) is 5.02 Å². The zero-order chi connectivity index (χ0) is 13.2. The van der Waals surface area contributed by atoms with Crippen LogP contribution in [-0.2, 0) is 0 Å². The molecule has 0 spiro atoms. The van der Waals surface area contributed by atoms with E-state index >= 15 is 0 Å². The topological polar surface area (TPSA) is 24.4 Å². The monoisotopic (exact) mass is 289 g/mol. The highest BCUT2D eigenvalue weighted by Gasteiger charge is 2.27. The van der Waals surface area contributed by atoms with Gasteiger partial charge in [0.25, 0.3) is 0 Å². The molecule has 0 aliphatic carbocycles. The molecule has 0 unspecified atom stereocenters. The van der Waals surface area contributed by atoms with Crippen LogP contribution < -0.4 is 5.32 Å². The molecular weight excluding hydrogens is 279 g/mol. The first-order chi connectivity index (χ1) is 9.24. The first kappa shape index (κ1) is 12.5. The lowest BCUT2D eigenvalue weighted by Gasteiger charge is -2.19. The van der Waals surface area contributed by atoms with Gasteiger partial charge in [-0.1, -0.05) is 47.5 Å². The Kier molecular flexibility index (Phi) is 3.45. The molecule has 1 N–H and O–H groups in total. The standard InChI is InChI=1S/C15H11Cl2N2/c16-12-5-1-3-10(7-12)14-15(19-9-18-14)11-4-2-6-13(17)8-11/h1-8,14-15H,(H,18,19)/t14-,15+. The number of hydrogen-bond acceptors (Lipinski definition) is 2. The van der Waals surface area contributed by atoms with Crippen LogP contribution in [0.2, 0.25) is 10.0 Å². The van der Waals surface area contributed by atoms with Crippen molar-refractivity contribution in [1.82, 2.24) is 5.32 Å². The molecule has 0 fully saturated rings. The third kappa shape index (κ3) is 2.60. The zero-order valence-corrected chi connectivity index (χ0v) is 11.5. The minimum atomic E-state index is -0.0304. The van der Waals surface area contributed by atoms with Gasteiger partial charge in [0, 0.05) is 10.0 Å². The van der Waals surface area contributed by atoms with E-state index in [-0.39, 0.29) is 12.1 Å². The summed E-state index contributed by atoms with van der Waals surface area (Å²) < 4.78 is 0. The quantitative estimate of drug-likeness (QED) is 0.877. The van der Waals surface area contributed by atoms with Gasteiger partial charge in [0.05, 0.1) is 6.04 Å². The van der Waals surface area contributed by atoms with Crippen molar-refractivity contribution in [3.05, 3.63) is 69.7 Å². The molecule has 2 aromatic rings. The number of nitrogens with one attached hydrogen (secondary N) is 1. The second-order valence-electron chi connectivity index (χ2n) is 4.42. The summed E-state index contributed by atoms with van der Waals surface area (Å²) in [6, 6.07) is 15.5. The summed E-state index contributed by atoms with van der Waals surface area (Å²) >= 11 is 12.1. The fourth-order valence-electron chi connectivity index (χ4n) is 2.25. The third-order valence-electron chi connectivity index (χ3n) is 3.14. The molecule has 1 radical (unpaired) electrons. The summed E-state index contributed by atoms with van der Waals surface area (Å²) in [5, 5.41) is 4.58. The van der Waals surface area contributed by atoms with Crippen molar-refractivity contribution in [3.8, 4) is 0 Å². The fraction of sp³-hybridized carbons (Fsp3) is 0.133. The first-order valence-electron chi connectivity index (χ1n) is 5.95. The van der Waals surface area contributed by atoms with Crippen molar-refractivity contribution in [2.24, 2.45) is 4.99 Å². The molecule has 2 nitrogen and oxygen atoms in total. The van der Waals surface area contributed by atoms with Crippen LogP contribution in [0.3, 0.4) is 0 Å². The molecule has 3 rings (SSSR count). The predicted octanol–water partition coefficient (Wildman–Crippen LogP) is 4.28. The molecule has 1 aliphatic rings. The Morgan fingerprint density at radius 2 is 1.58 bits per heavy atom. The SMILES string of the molecule is Clc1cccc([C@H]2N=[C]N[C@H]2c2cccc(Cl)c2)c1. The van der Waals surface area contributed by atoms with Crippen molar-refractivity contribution in [2.45, 2.75) is 12.1 Å². The lowest BCUT2D eigenvalue weighted by atomic mass is 9.95. The van der Waals surface area contributed by atoms with E-state index in [1.165, 1.54) is 0 Å². The van der Waals surface area contributed by atoms with Crippen LogP contribution in [0.4, 0.5) is 0 Å². The Balaban J connectivity index is 1.95. The summed E-state index contributed by atoms with van der Waals surface area (Å²) in [7, 11) is 0. The Morgan fingerprint density at radius 1 is 0.947 bits per heavy atom. The normalized spacial score (nSPS) is 21.4. The minimum Gasteiger partial charge on any atom is -0.358 e. The molecule has 0 aromatic heterocycles. The maximum absolute atomic E-state index is 6.04. The molecule has 2 atom stereocenters. The summed E-state index contributed by atoms with van der Waals surface area (Å²) in [6.45, 7) is 0. The van der Waals surface area contributed by atoms with Gasteiger partial charge in [-0.15, -0.1) is 0 Å². The van der Waals surface area contributed by atoms with Gasteiger partial charge in [-0.05, 0) is 35.4 Å². The van der Waals surface area contributed by atoms with Crippen LogP contribution in [0.25, 0.3) is 0 Å². The van der Waals surface area contributed by atoms with E-state index < -0.39 is 0 Å². The molecule has 0 bridgehead atoms. The Morgan fingerprint density at radius 3 is 2.26 bits per heavy atom. The highest BCUT2D eigenvalue weighted by atomic mass is 35.5. The van der Waals surface area contributed by atoms with Crippen molar-refractivity contribution in [1.29, 1.82) is 0 Å². The van der Waals surface area contributed by atoms with E-state index in [1.54, 1.807) is 0 Å². The number of benzene rings is 2. The van der Waals surface area contributed by atoms with Gasteiger partial charge in [-0.3, -0.25) is 4.99 Å². The number of hydrogen-bond donors (Lipinski definition) is 1. The molecule has 0 saturated heterocycles. The molecule has 4 heteroatoms. The van der Waals surface area contributed by atoms with Crippen molar-refractivity contribution < 1.29 is 0 Å². The van der Waals surface area contributed by atoms with Crippen molar-refractivity contribution >= 4 is 29.5 Å². The molecule has 1 heterocycles.